The van der Waals surface area contributed by atoms with Crippen LogP contribution in [0.15, 0.2) is 48.5 Å². The molecule has 3 saturated heterocycles. The third-order valence-electron chi connectivity index (χ3n) is 6.75. The van der Waals surface area contributed by atoms with E-state index in [0.29, 0.717) is 10.9 Å². The Labute approximate surface area is 193 Å². The van der Waals surface area contributed by atoms with Crippen molar-refractivity contribution in [2.75, 3.05) is 25.0 Å². The number of likely N-dealkylation sites (N-methyl/N-ethyl adjacent to an activating group) is 1. The molecule has 8 heteroatoms. The van der Waals surface area contributed by atoms with Gasteiger partial charge in [-0.2, -0.15) is 0 Å². The third kappa shape index (κ3) is 3.45. The SMILES string of the molecule is Cc1ccc(Cl)cc1N1CC(C)CN2C3C(=O)N(Cc4ccccc4)C(=O)N(C)C3NC12. The first kappa shape index (κ1) is 21.2. The largest absolute Gasteiger partial charge is 0.343 e. The quantitative estimate of drug-likeness (QED) is 0.774. The molecule has 3 fully saturated rings. The summed E-state index contributed by atoms with van der Waals surface area (Å²) in [5.74, 6) is 0.206. The van der Waals surface area contributed by atoms with Gasteiger partial charge >= 0.3 is 6.03 Å². The monoisotopic (exact) mass is 453 g/mol. The second-order valence-corrected chi connectivity index (χ2v) is 9.56. The Balaban J connectivity index is 1.48. The van der Waals surface area contributed by atoms with Gasteiger partial charge in [0, 0.05) is 30.8 Å². The first-order valence-corrected chi connectivity index (χ1v) is 11.4. The highest BCUT2D eigenvalue weighted by Gasteiger charge is 2.56. The number of amides is 3. The summed E-state index contributed by atoms with van der Waals surface area (Å²) in [6.45, 7) is 6.16. The van der Waals surface area contributed by atoms with E-state index in [-0.39, 0.29) is 30.9 Å². The van der Waals surface area contributed by atoms with Crippen LogP contribution in [0.5, 0.6) is 0 Å². The van der Waals surface area contributed by atoms with E-state index in [0.717, 1.165) is 29.9 Å². The number of carbonyl (C=O) groups is 2. The van der Waals surface area contributed by atoms with E-state index >= 15 is 0 Å². The maximum Gasteiger partial charge on any atom is 0.328 e. The van der Waals surface area contributed by atoms with Gasteiger partial charge in [0.2, 0.25) is 0 Å². The molecule has 0 spiro atoms. The number of hydrogen-bond donors (Lipinski definition) is 1. The number of carbonyl (C=O) groups excluding carboxylic acids is 2. The second kappa shape index (κ2) is 8.06. The number of benzene rings is 2. The summed E-state index contributed by atoms with van der Waals surface area (Å²) in [5.41, 5.74) is 3.11. The molecular formula is C24H28ClN5O2. The maximum atomic E-state index is 13.7. The number of rotatable bonds is 3. The Kier molecular flexibility index (Phi) is 5.35. The van der Waals surface area contributed by atoms with Gasteiger partial charge in [0.15, 0.2) is 0 Å². The standard InChI is InChI=1S/C24H28ClN5O2/c1-15-12-28(19-11-18(25)10-9-16(19)2)23-26-21-20(29(23)13-15)22(31)30(24(32)27(21)3)14-17-7-5-4-6-8-17/h4-11,15,20-21,23,26H,12-14H2,1-3H3. The van der Waals surface area contributed by atoms with E-state index < -0.39 is 6.04 Å². The topological polar surface area (TPSA) is 59.1 Å². The molecule has 0 radical (unpaired) electrons. The molecule has 1 N–H and O–H groups in total. The highest BCUT2D eigenvalue weighted by atomic mass is 35.5. The van der Waals surface area contributed by atoms with Gasteiger partial charge in [-0.1, -0.05) is 54.9 Å². The Bertz CT molecular complexity index is 1050. The van der Waals surface area contributed by atoms with Crippen molar-refractivity contribution in [3.8, 4) is 0 Å². The molecule has 0 bridgehead atoms. The van der Waals surface area contributed by atoms with Crippen LogP contribution in [0, 0.1) is 12.8 Å². The molecule has 3 amide bonds. The normalized spacial score (nSPS) is 28.2. The Morgan fingerprint density at radius 3 is 2.59 bits per heavy atom. The zero-order valence-electron chi connectivity index (χ0n) is 18.5. The summed E-state index contributed by atoms with van der Waals surface area (Å²) >= 11 is 6.32. The van der Waals surface area contributed by atoms with E-state index in [1.807, 2.05) is 48.5 Å². The fraction of sp³-hybridized carbons (Fsp3) is 0.417. The molecule has 7 nitrogen and oxygen atoms in total. The molecule has 0 saturated carbocycles. The van der Waals surface area contributed by atoms with E-state index in [1.54, 1.807) is 11.9 Å². The smallest absolute Gasteiger partial charge is 0.328 e. The molecule has 0 aliphatic carbocycles. The summed E-state index contributed by atoms with van der Waals surface area (Å²) in [5, 5.41) is 4.26. The van der Waals surface area contributed by atoms with Crippen molar-refractivity contribution in [2.45, 2.75) is 38.9 Å². The number of nitrogens with one attached hydrogen (secondary N) is 1. The first-order valence-electron chi connectivity index (χ1n) is 11.0. The van der Waals surface area contributed by atoms with Crippen molar-refractivity contribution in [1.29, 1.82) is 0 Å². The molecule has 2 aromatic carbocycles. The number of nitrogens with zero attached hydrogens (tertiary/aromatic N) is 4. The van der Waals surface area contributed by atoms with Crippen LogP contribution < -0.4 is 10.2 Å². The Morgan fingerprint density at radius 2 is 1.84 bits per heavy atom. The predicted molar refractivity (Wildman–Crippen MR) is 124 cm³/mol. The molecule has 5 rings (SSSR count). The van der Waals surface area contributed by atoms with Crippen molar-refractivity contribution in [3.05, 3.63) is 64.7 Å². The van der Waals surface area contributed by atoms with Crippen molar-refractivity contribution >= 4 is 29.2 Å². The predicted octanol–water partition coefficient (Wildman–Crippen LogP) is 3.08. The van der Waals surface area contributed by atoms with E-state index in [4.69, 9.17) is 11.6 Å². The van der Waals surface area contributed by atoms with Gasteiger partial charge in [0.05, 0.1) is 6.54 Å². The van der Waals surface area contributed by atoms with E-state index in [9.17, 15) is 9.59 Å². The van der Waals surface area contributed by atoms with Gasteiger partial charge in [-0.15, -0.1) is 0 Å². The molecule has 168 valence electrons. The minimum absolute atomic E-state index is 0.145. The summed E-state index contributed by atoms with van der Waals surface area (Å²) in [4.78, 5) is 34.3. The third-order valence-corrected chi connectivity index (χ3v) is 6.98. The van der Waals surface area contributed by atoms with Crippen LogP contribution in [0.2, 0.25) is 5.02 Å². The minimum atomic E-state index is -0.434. The van der Waals surface area contributed by atoms with Gasteiger partial charge in [-0.3, -0.25) is 19.9 Å². The Morgan fingerprint density at radius 1 is 1.09 bits per heavy atom. The molecular weight excluding hydrogens is 426 g/mol. The number of aryl methyl sites for hydroxylation is 1. The summed E-state index contributed by atoms with van der Waals surface area (Å²) in [7, 11) is 1.77. The van der Waals surface area contributed by atoms with Crippen molar-refractivity contribution < 1.29 is 9.59 Å². The second-order valence-electron chi connectivity index (χ2n) is 9.12. The lowest BCUT2D eigenvalue weighted by Crippen LogP contribution is -2.66. The van der Waals surface area contributed by atoms with Crippen LogP contribution in [0.25, 0.3) is 0 Å². The van der Waals surface area contributed by atoms with Gasteiger partial charge < -0.3 is 9.80 Å². The molecule has 4 atom stereocenters. The van der Waals surface area contributed by atoms with Gasteiger partial charge in [0.25, 0.3) is 5.91 Å². The lowest BCUT2D eigenvalue weighted by molar-refractivity contribution is -0.139. The van der Waals surface area contributed by atoms with Gasteiger partial charge in [0.1, 0.15) is 18.5 Å². The molecule has 3 aliphatic heterocycles. The zero-order valence-corrected chi connectivity index (χ0v) is 19.3. The number of anilines is 1. The van der Waals surface area contributed by atoms with Crippen LogP contribution in [-0.4, -0.2) is 65.3 Å². The maximum absolute atomic E-state index is 13.7. The van der Waals surface area contributed by atoms with E-state index in [1.165, 1.54) is 4.90 Å². The minimum Gasteiger partial charge on any atom is -0.343 e. The van der Waals surface area contributed by atoms with Gasteiger partial charge in [-0.25, -0.2) is 4.79 Å². The summed E-state index contributed by atoms with van der Waals surface area (Å²) < 4.78 is 0. The fourth-order valence-electron chi connectivity index (χ4n) is 5.21. The summed E-state index contributed by atoms with van der Waals surface area (Å²) in [6, 6.07) is 14.8. The fourth-order valence-corrected chi connectivity index (χ4v) is 5.37. The van der Waals surface area contributed by atoms with Crippen molar-refractivity contribution in [3.63, 3.8) is 0 Å². The lowest BCUT2D eigenvalue weighted by atomic mass is 10.0. The molecule has 2 aromatic rings. The molecule has 32 heavy (non-hydrogen) atoms. The molecule has 3 aliphatic rings. The number of fused-ring (bicyclic) bond motifs is 3. The van der Waals surface area contributed by atoms with Crippen LogP contribution in [0.1, 0.15) is 18.1 Å². The highest BCUT2D eigenvalue weighted by Crippen LogP contribution is 2.36. The lowest BCUT2D eigenvalue weighted by Gasteiger charge is -2.46. The van der Waals surface area contributed by atoms with Crippen LogP contribution in [0.3, 0.4) is 0 Å². The van der Waals surface area contributed by atoms with Crippen molar-refractivity contribution in [2.24, 2.45) is 5.92 Å². The molecule has 3 heterocycles. The molecule has 0 aromatic heterocycles. The van der Waals surface area contributed by atoms with Gasteiger partial charge in [-0.05, 0) is 36.1 Å². The summed E-state index contributed by atoms with van der Waals surface area (Å²) in [6.07, 6.45) is -0.562. The van der Waals surface area contributed by atoms with Crippen LogP contribution in [-0.2, 0) is 11.3 Å². The number of hydrogen-bond acceptors (Lipinski definition) is 5. The zero-order chi connectivity index (χ0) is 22.6. The number of urea groups is 1. The number of imide groups is 1. The molecule has 4 unspecified atom stereocenters. The van der Waals surface area contributed by atoms with E-state index in [2.05, 4.69) is 29.0 Å². The average molecular weight is 454 g/mol. The van der Waals surface area contributed by atoms with Crippen molar-refractivity contribution in [1.82, 2.24) is 20.0 Å². The highest BCUT2D eigenvalue weighted by molar-refractivity contribution is 6.30. The first-order chi connectivity index (χ1) is 15.3. The number of halogens is 1. The Hall–Kier alpha value is -2.61. The van der Waals surface area contributed by atoms with Crippen LogP contribution >= 0.6 is 11.6 Å². The average Bonchev–Trinajstić information content (AvgIpc) is 3.16. The van der Waals surface area contributed by atoms with Crippen LogP contribution in [0.4, 0.5) is 10.5 Å².